The van der Waals surface area contributed by atoms with Crippen LogP contribution in [0.1, 0.15) is 0 Å². The largest absolute Gasteiger partial charge is 0.378 e. The van der Waals surface area contributed by atoms with E-state index < -0.39 is 6.04 Å². The topological polar surface area (TPSA) is 137 Å². The number of hydrazine groups is 2. The van der Waals surface area contributed by atoms with E-state index in [2.05, 4.69) is 36.6 Å². The van der Waals surface area contributed by atoms with Crippen molar-refractivity contribution >= 4 is 11.6 Å². The molecular weight excluding hydrogens is 188 g/mol. The van der Waals surface area contributed by atoms with Crippen LogP contribution in [-0.4, -0.2) is 22.5 Å². The maximum atomic E-state index is 8.71. The van der Waals surface area contributed by atoms with Crippen LogP contribution in [0.4, 0.5) is 11.6 Å². The molecule has 2 heterocycles. The second-order valence-electron chi connectivity index (χ2n) is 2.64. The van der Waals surface area contributed by atoms with Gasteiger partial charge in [-0.3, -0.25) is 0 Å². The van der Waals surface area contributed by atoms with Crippen LogP contribution in [0.5, 0.6) is 0 Å². The molecule has 2 atom stereocenters. The van der Waals surface area contributed by atoms with Gasteiger partial charge in [0, 0.05) is 0 Å². The molecule has 0 aromatic carbocycles. The maximum absolute atomic E-state index is 8.71. The number of nitriles is 1. The van der Waals surface area contributed by atoms with Crippen LogP contribution in [0.15, 0.2) is 4.63 Å². The fourth-order valence-corrected chi connectivity index (χ4v) is 1.03. The summed E-state index contributed by atoms with van der Waals surface area (Å²) in [6.45, 7) is 0. The Hall–Kier alpha value is -1.89. The molecule has 9 heteroatoms. The second-order valence-corrected chi connectivity index (χ2v) is 2.64. The first-order valence-electron chi connectivity index (χ1n) is 3.81. The Labute approximate surface area is 78.5 Å². The van der Waals surface area contributed by atoms with Crippen LogP contribution in [-0.2, 0) is 0 Å². The highest BCUT2D eigenvalue weighted by atomic mass is 16.6. The van der Waals surface area contributed by atoms with Crippen molar-refractivity contribution in [3.8, 4) is 6.07 Å². The summed E-state index contributed by atoms with van der Waals surface area (Å²) in [6.07, 6.45) is -0.353. The zero-order valence-electron chi connectivity index (χ0n) is 6.98. The Balaban J connectivity index is 2.05. The molecule has 1 aliphatic rings. The van der Waals surface area contributed by atoms with E-state index in [1.165, 1.54) is 0 Å². The number of rotatable bonds is 2. The molecule has 0 spiro atoms. The smallest absolute Gasteiger partial charge is 0.216 e. The molecule has 0 saturated carbocycles. The number of anilines is 2. The highest BCUT2D eigenvalue weighted by molar-refractivity contribution is 5.54. The van der Waals surface area contributed by atoms with Gasteiger partial charge in [0.15, 0.2) is 0 Å². The Bertz CT molecular complexity index is 355. The number of hydrogen-bond donors (Lipinski definition) is 5. The fourth-order valence-electron chi connectivity index (χ4n) is 1.03. The van der Waals surface area contributed by atoms with Crippen molar-refractivity contribution in [1.82, 2.24) is 26.7 Å². The van der Waals surface area contributed by atoms with Gasteiger partial charge in [-0.2, -0.15) is 10.8 Å². The van der Waals surface area contributed by atoms with E-state index in [0.29, 0.717) is 5.82 Å². The summed E-state index contributed by atoms with van der Waals surface area (Å²) in [7, 11) is 0. The van der Waals surface area contributed by atoms with Gasteiger partial charge in [0.1, 0.15) is 12.2 Å². The third-order valence-corrected chi connectivity index (χ3v) is 1.73. The van der Waals surface area contributed by atoms with Crippen LogP contribution in [0.3, 0.4) is 0 Å². The zero-order chi connectivity index (χ0) is 9.97. The van der Waals surface area contributed by atoms with Crippen LogP contribution >= 0.6 is 0 Å². The molecule has 1 aliphatic heterocycles. The molecular formula is C5H8N8O. The molecule has 0 bridgehead atoms. The molecule has 0 radical (unpaired) electrons. The van der Waals surface area contributed by atoms with Gasteiger partial charge in [-0.15, -0.1) is 0 Å². The molecule has 0 aliphatic carbocycles. The monoisotopic (exact) mass is 196 g/mol. The van der Waals surface area contributed by atoms with Gasteiger partial charge in [0.2, 0.25) is 11.6 Å². The summed E-state index contributed by atoms with van der Waals surface area (Å²) >= 11 is 0. The Morgan fingerprint density at radius 2 is 2.36 bits per heavy atom. The van der Waals surface area contributed by atoms with Gasteiger partial charge in [-0.25, -0.2) is 15.5 Å². The Kier molecular flexibility index (Phi) is 2.15. The molecule has 1 saturated heterocycles. The maximum Gasteiger partial charge on any atom is 0.216 e. The van der Waals surface area contributed by atoms with Gasteiger partial charge < -0.3 is 11.1 Å². The number of nitrogens with zero attached hydrogens (tertiary/aromatic N) is 3. The van der Waals surface area contributed by atoms with Crippen LogP contribution in [0.25, 0.3) is 0 Å². The average molecular weight is 196 g/mol. The molecule has 6 N–H and O–H groups in total. The first-order chi connectivity index (χ1) is 6.81. The quantitative estimate of drug-likeness (QED) is 0.360. The van der Waals surface area contributed by atoms with Crippen molar-refractivity contribution < 1.29 is 4.63 Å². The number of nitrogens with two attached hydrogens (primary N) is 1. The summed E-state index contributed by atoms with van der Waals surface area (Å²) in [5.74, 6) is 0.448. The predicted octanol–water partition coefficient (Wildman–Crippen LogP) is -2.11. The molecule has 0 amide bonds. The van der Waals surface area contributed by atoms with E-state index in [1.807, 2.05) is 6.07 Å². The van der Waals surface area contributed by atoms with Crippen LogP contribution < -0.4 is 27.4 Å². The summed E-state index contributed by atoms with van der Waals surface area (Å²) in [5.41, 5.74) is 13.5. The van der Waals surface area contributed by atoms with E-state index >= 15 is 0 Å². The molecule has 2 rings (SSSR count). The molecule has 1 aromatic rings. The predicted molar refractivity (Wildman–Crippen MR) is 44.9 cm³/mol. The molecule has 74 valence electrons. The second kappa shape index (κ2) is 3.46. The van der Waals surface area contributed by atoms with E-state index in [9.17, 15) is 0 Å². The number of aromatic nitrogens is 2. The number of nitrogens with one attached hydrogen (secondary N) is 4. The molecule has 1 fully saturated rings. The first kappa shape index (κ1) is 8.70. The SMILES string of the molecule is N#CC1NNNC1Nc1nonc1N. The van der Waals surface area contributed by atoms with E-state index in [-0.39, 0.29) is 12.0 Å². The molecule has 1 aromatic heterocycles. The molecule has 9 nitrogen and oxygen atoms in total. The van der Waals surface area contributed by atoms with Gasteiger partial charge in [0.25, 0.3) is 0 Å². The van der Waals surface area contributed by atoms with E-state index in [0.717, 1.165) is 0 Å². The van der Waals surface area contributed by atoms with Crippen molar-refractivity contribution in [3.63, 3.8) is 0 Å². The summed E-state index contributed by atoms with van der Waals surface area (Å²) in [6, 6.07) is 1.59. The molecule has 2 unspecified atom stereocenters. The minimum atomic E-state index is -0.439. The third-order valence-electron chi connectivity index (χ3n) is 1.73. The number of nitrogen functional groups attached to an aromatic ring is 1. The lowest BCUT2D eigenvalue weighted by molar-refractivity contribution is 0.310. The van der Waals surface area contributed by atoms with E-state index in [4.69, 9.17) is 11.0 Å². The lowest BCUT2D eigenvalue weighted by Crippen LogP contribution is -2.40. The zero-order valence-corrected chi connectivity index (χ0v) is 6.98. The highest BCUT2D eigenvalue weighted by Gasteiger charge is 2.27. The van der Waals surface area contributed by atoms with Crippen molar-refractivity contribution in [1.29, 1.82) is 5.26 Å². The highest BCUT2D eigenvalue weighted by Crippen LogP contribution is 2.12. The summed E-state index contributed by atoms with van der Waals surface area (Å²) in [4.78, 5) is 0. The Morgan fingerprint density at radius 3 is 3.00 bits per heavy atom. The van der Waals surface area contributed by atoms with Crippen molar-refractivity contribution in [3.05, 3.63) is 0 Å². The molecule has 14 heavy (non-hydrogen) atoms. The van der Waals surface area contributed by atoms with Gasteiger partial charge in [-0.05, 0) is 10.3 Å². The van der Waals surface area contributed by atoms with Crippen molar-refractivity contribution in [2.45, 2.75) is 12.2 Å². The summed E-state index contributed by atoms with van der Waals surface area (Å²) < 4.78 is 4.39. The number of hydrogen-bond acceptors (Lipinski definition) is 9. The lowest BCUT2D eigenvalue weighted by atomic mass is 10.3. The van der Waals surface area contributed by atoms with Crippen LogP contribution in [0, 0.1) is 11.3 Å². The lowest BCUT2D eigenvalue weighted by Gasteiger charge is -2.12. The Morgan fingerprint density at radius 1 is 1.50 bits per heavy atom. The standard InChI is InChI=1S/C5H8N8O/c6-1-2-4(10-13-9-2)8-5-3(7)11-14-12-5/h2,4,9-10,13H,(H2,7,11)(H,8,12). The van der Waals surface area contributed by atoms with Gasteiger partial charge >= 0.3 is 0 Å². The van der Waals surface area contributed by atoms with Crippen LogP contribution in [0.2, 0.25) is 0 Å². The van der Waals surface area contributed by atoms with Gasteiger partial charge in [0.05, 0.1) is 6.07 Å². The first-order valence-corrected chi connectivity index (χ1v) is 3.81. The fraction of sp³-hybridized carbons (Fsp3) is 0.400. The van der Waals surface area contributed by atoms with Gasteiger partial charge in [-0.1, -0.05) is 0 Å². The average Bonchev–Trinajstić information content (AvgIpc) is 2.77. The normalized spacial score (nSPS) is 25.9. The summed E-state index contributed by atoms with van der Waals surface area (Å²) in [5, 5.41) is 18.5. The minimum Gasteiger partial charge on any atom is -0.378 e. The van der Waals surface area contributed by atoms with Crippen molar-refractivity contribution in [2.24, 2.45) is 0 Å². The minimum absolute atomic E-state index is 0.149. The van der Waals surface area contributed by atoms with Crippen molar-refractivity contribution in [2.75, 3.05) is 11.1 Å². The third kappa shape index (κ3) is 1.44. The van der Waals surface area contributed by atoms with E-state index in [1.54, 1.807) is 0 Å².